The Morgan fingerprint density at radius 3 is 2.54 bits per heavy atom. The van der Waals surface area contributed by atoms with Crippen LogP contribution in [0, 0.1) is 13.0 Å². The minimum Gasteiger partial charge on any atom is -0.261 e. The molecule has 0 saturated carbocycles. The van der Waals surface area contributed by atoms with E-state index in [9.17, 15) is 0 Å². The van der Waals surface area contributed by atoms with Gasteiger partial charge in [0.2, 0.25) is 0 Å². The van der Waals surface area contributed by atoms with Gasteiger partial charge in [0.1, 0.15) is 0 Å². The molecule has 1 heteroatoms. The minimum absolute atomic E-state index is 0.932. The van der Waals surface area contributed by atoms with E-state index in [1.54, 1.807) is 0 Å². The van der Waals surface area contributed by atoms with Crippen molar-refractivity contribution in [2.45, 2.75) is 6.92 Å². The Kier molecular flexibility index (Phi) is 2.09. The van der Waals surface area contributed by atoms with E-state index in [1.165, 1.54) is 5.56 Å². The summed E-state index contributed by atoms with van der Waals surface area (Å²) in [6.07, 6.45) is 1.81. The monoisotopic (exact) mass is 168 g/mol. The van der Waals surface area contributed by atoms with Crippen molar-refractivity contribution in [3.8, 4) is 11.1 Å². The van der Waals surface area contributed by atoms with Crippen molar-refractivity contribution in [3.05, 3.63) is 54.4 Å². The summed E-state index contributed by atoms with van der Waals surface area (Å²) >= 11 is 0. The zero-order chi connectivity index (χ0) is 9.10. The Hall–Kier alpha value is -1.63. The minimum atomic E-state index is 0.932. The molecule has 0 amide bonds. The first-order valence-corrected chi connectivity index (χ1v) is 4.26. The van der Waals surface area contributed by atoms with E-state index < -0.39 is 0 Å². The highest BCUT2D eigenvalue weighted by atomic mass is 14.6. The predicted molar refractivity (Wildman–Crippen MR) is 53.2 cm³/mol. The smallest absolute Gasteiger partial charge is 0.0458 e. The Labute approximate surface area is 78.1 Å². The van der Waals surface area contributed by atoms with Crippen LogP contribution in [0.4, 0.5) is 0 Å². The second-order valence-electron chi connectivity index (χ2n) is 2.93. The Bertz CT molecular complexity index is 393. The fourth-order valence-corrected chi connectivity index (χ4v) is 1.28. The third-order valence-corrected chi connectivity index (χ3v) is 1.91. The summed E-state index contributed by atoms with van der Waals surface area (Å²) in [5.74, 6) is 0. The molecule has 0 aliphatic heterocycles. The standard InChI is InChI=1S/C12H10N/c1-10-9-12(7-8-13-10)11-5-3-2-4-6-11/h2-8H,1H3. The van der Waals surface area contributed by atoms with E-state index in [0.29, 0.717) is 0 Å². The van der Waals surface area contributed by atoms with Gasteiger partial charge in [-0.2, -0.15) is 0 Å². The van der Waals surface area contributed by atoms with Crippen molar-refractivity contribution in [2.75, 3.05) is 0 Å². The van der Waals surface area contributed by atoms with Gasteiger partial charge in [-0.3, -0.25) is 4.98 Å². The average molecular weight is 168 g/mol. The molecule has 0 saturated heterocycles. The molecule has 1 radical (unpaired) electrons. The molecule has 0 fully saturated rings. The number of aromatic nitrogens is 1. The predicted octanol–water partition coefficient (Wildman–Crippen LogP) is 2.86. The topological polar surface area (TPSA) is 12.9 Å². The van der Waals surface area contributed by atoms with Crippen LogP contribution in [0.3, 0.4) is 0 Å². The van der Waals surface area contributed by atoms with Crippen LogP contribution >= 0.6 is 0 Å². The number of nitrogens with zero attached hydrogens (tertiary/aromatic N) is 1. The highest BCUT2D eigenvalue weighted by molar-refractivity contribution is 5.62. The molecule has 0 unspecified atom stereocenters. The van der Waals surface area contributed by atoms with Crippen LogP contribution in [-0.2, 0) is 0 Å². The summed E-state index contributed by atoms with van der Waals surface area (Å²) < 4.78 is 0. The van der Waals surface area contributed by atoms with Gasteiger partial charge in [-0.1, -0.05) is 30.3 Å². The van der Waals surface area contributed by atoms with Gasteiger partial charge in [0.05, 0.1) is 0 Å². The Balaban J connectivity index is 2.48. The van der Waals surface area contributed by atoms with E-state index in [-0.39, 0.29) is 0 Å². The number of benzene rings is 1. The highest BCUT2D eigenvalue weighted by Crippen LogP contribution is 2.17. The van der Waals surface area contributed by atoms with Crippen molar-refractivity contribution in [3.63, 3.8) is 0 Å². The van der Waals surface area contributed by atoms with E-state index in [1.807, 2.05) is 37.4 Å². The van der Waals surface area contributed by atoms with Crippen molar-refractivity contribution in [1.82, 2.24) is 4.98 Å². The lowest BCUT2D eigenvalue weighted by Gasteiger charge is -2.00. The van der Waals surface area contributed by atoms with Crippen LogP contribution in [0.5, 0.6) is 0 Å². The molecular weight excluding hydrogens is 158 g/mol. The molecule has 1 nitrogen and oxygen atoms in total. The molecule has 0 atom stereocenters. The fraction of sp³-hybridized carbons (Fsp3) is 0.0833. The number of hydrogen-bond acceptors (Lipinski definition) is 1. The molecule has 1 aromatic carbocycles. The van der Waals surface area contributed by atoms with E-state index in [0.717, 1.165) is 11.3 Å². The number of aryl methyl sites for hydroxylation is 1. The number of pyridine rings is 1. The van der Waals surface area contributed by atoms with Crippen molar-refractivity contribution >= 4 is 0 Å². The van der Waals surface area contributed by atoms with Gasteiger partial charge in [-0.05, 0) is 24.1 Å². The van der Waals surface area contributed by atoms with Gasteiger partial charge in [0.15, 0.2) is 0 Å². The largest absolute Gasteiger partial charge is 0.261 e. The van der Waals surface area contributed by atoms with Crippen molar-refractivity contribution in [2.24, 2.45) is 0 Å². The molecule has 2 rings (SSSR count). The summed E-state index contributed by atoms with van der Waals surface area (Å²) in [5, 5.41) is 0. The highest BCUT2D eigenvalue weighted by Gasteiger charge is 1.96. The second-order valence-corrected chi connectivity index (χ2v) is 2.93. The first kappa shape index (κ1) is 7.99. The van der Waals surface area contributed by atoms with Crippen LogP contribution in [0.15, 0.2) is 42.6 Å². The van der Waals surface area contributed by atoms with Gasteiger partial charge >= 0.3 is 0 Å². The fourth-order valence-electron chi connectivity index (χ4n) is 1.28. The summed E-state index contributed by atoms with van der Waals surface area (Å²) in [4.78, 5) is 4.11. The lowest BCUT2D eigenvalue weighted by atomic mass is 10.1. The molecule has 0 spiro atoms. The van der Waals surface area contributed by atoms with Gasteiger partial charge in [-0.15, -0.1) is 0 Å². The summed E-state index contributed by atoms with van der Waals surface area (Å²) in [7, 11) is 0. The number of rotatable bonds is 1. The van der Waals surface area contributed by atoms with Crippen LogP contribution in [0.2, 0.25) is 0 Å². The quantitative estimate of drug-likeness (QED) is 0.638. The van der Waals surface area contributed by atoms with Crippen LogP contribution < -0.4 is 0 Å². The van der Waals surface area contributed by atoms with Crippen LogP contribution in [-0.4, -0.2) is 4.98 Å². The first-order valence-electron chi connectivity index (χ1n) is 4.26. The number of hydrogen-bond donors (Lipinski definition) is 0. The van der Waals surface area contributed by atoms with Crippen molar-refractivity contribution < 1.29 is 0 Å². The molecule has 1 aromatic heterocycles. The molecule has 0 aliphatic carbocycles. The van der Waals surface area contributed by atoms with Crippen LogP contribution in [0.25, 0.3) is 11.1 Å². The van der Waals surface area contributed by atoms with Crippen LogP contribution in [0.1, 0.15) is 5.69 Å². The summed E-state index contributed by atoms with van der Waals surface area (Å²) in [5.41, 5.74) is 3.22. The van der Waals surface area contributed by atoms with E-state index in [4.69, 9.17) is 0 Å². The molecule has 13 heavy (non-hydrogen) atoms. The van der Waals surface area contributed by atoms with Gasteiger partial charge in [-0.25, -0.2) is 0 Å². The van der Waals surface area contributed by atoms with E-state index in [2.05, 4.69) is 23.2 Å². The van der Waals surface area contributed by atoms with Gasteiger partial charge in [0.25, 0.3) is 0 Å². The zero-order valence-corrected chi connectivity index (χ0v) is 7.49. The van der Waals surface area contributed by atoms with E-state index >= 15 is 0 Å². The molecule has 0 N–H and O–H groups in total. The lowest BCUT2D eigenvalue weighted by molar-refractivity contribution is 1.20. The third kappa shape index (κ3) is 1.75. The normalized spacial score (nSPS) is 9.92. The Morgan fingerprint density at radius 1 is 1.08 bits per heavy atom. The molecule has 2 aromatic rings. The first-order chi connectivity index (χ1) is 6.36. The maximum atomic E-state index is 4.11. The van der Waals surface area contributed by atoms with Crippen molar-refractivity contribution in [1.29, 1.82) is 0 Å². The summed E-state index contributed by atoms with van der Waals surface area (Å²) in [6.45, 7) is 1.95. The maximum absolute atomic E-state index is 4.11. The summed E-state index contributed by atoms with van der Waals surface area (Å²) in [6, 6.07) is 15.4. The molecule has 1 heterocycles. The maximum Gasteiger partial charge on any atom is 0.0458 e. The average Bonchev–Trinajstić information content (AvgIpc) is 2.19. The Morgan fingerprint density at radius 2 is 1.85 bits per heavy atom. The molecule has 63 valence electrons. The van der Waals surface area contributed by atoms with Gasteiger partial charge < -0.3 is 0 Å². The molecular formula is C12H10N. The SMILES string of the molecule is Cc1[c]c(-c2ccccc2)ccn1. The zero-order valence-electron chi connectivity index (χ0n) is 7.49. The molecule has 0 aliphatic rings. The second kappa shape index (κ2) is 3.40. The third-order valence-electron chi connectivity index (χ3n) is 1.91. The van der Waals surface area contributed by atoms with Gasteiger partial charge in [0, 0.05) is 18.0 Å². The lowest BCUT2D eigenvalue weighted by Crippen LogP contribution is -1.82. The molecule has 0 bridgehead atoms.